The van der Waals surface area contributed by atoms with E-state index in [-0.39, 0.29) is 17.9 Å². The molecule has 0 unspecified atom stereocenters. The van der Waals surface area contributed by atoms with Crippen LogP contribution in [0.25, 0.3) is 0 Å². The molecule has 0 spiro atoms. The van der Waals surface area contributed by atoms with Crippen molar-refractivity contribution in [2.75, 3.05) is 32.7 Å². The molecule has 2 rings (SSSR count). The Labute approximate surface area is 145 Å². The number of hydrogen-bond donors (Lipinski definition) is 1. The normalized spacial score (nSPS) is 16.7. The fourth-order valence-electron chi connectivity index (χ4n) is 2.94. The van der Waals surface area contributed by atoms with Crippen molar-refractivity contribution in [2.24, 2.45) is 0 Å². The summed E-state index contributed by atoms with van der Waals surface area (Å²) in [6.45, 7) is 9.39. The van der Waals surface area contributed by atoms with E-state index in [1.165, 1.54) is 0 Å². The summed E-state index contributed by atoms with van der Waals surface area (Å²) in [6.07, 6.45) is 1.79. The maximum Gasteiger partial charge on any atom is 0.254 e. The Morgan fingerprint density at radius 2 is 1.79 bits per heavy atom. The van der Waals surface area contributed by atoms with Crippen molar-refractivity contribution in [3.05, 3.63) is 35.4 Å². The van der Waals surface area contributed by atoms with Crippen LogP contribution in [-0.4, -0.2) is 60.4 Å². The Kier molecular flexibility index (Phi) is 6.79. The highest BCUT2D eigenvalue weighted by molar-refractivity contribution is 5.95. The second-order valence-corrected chi connectivity index (χ2v) is 6.46. The van der Waals surface area contributed by atoms with E-state index in [2.05, 4.69) is 24.1 Å². The van der Waals surface area contributed by atoms with E-state index in [0.717, 1.165) is 37.1 Å². The number of carbonyl (C=O) groups is 2. The van der Waals surface area contributed by atoms with E-state index in [4.69, 9.17) is 0 Å². The van der Waals surface area contributed by atoms with Gasteiger partial charge in [-0.15, -0.1) is 0 Å². The Morgan fingerprint density at radius 1 is 1.12 bits per heavy atom. The summed E-state index contributed by atoms with van der Waals surface area (Å²) < 4.78 is 0. The third kappa shape index (κ3) is 4.81. The predicted molar refractivity (Wildman–Crippen MR) is 96.1 cm³/mol. The number of amides is 2. The molecule has 0 aliphatic carbocycles. The number of nitrogens with zero attached hydrogens (tertiary/aromatic N) is 2. The molecule has 5 nitrogen and oxygen atoms in total. The van der Waals surface area contributed by atoms with Gasteiger partial charge in [0.1, 0.15) is 0 Å². The first kappa shape index (κ1) is 18.5. The Hall–Kier alpha value is -1.88. The lowest BCUT2D eigenvalue weighted by Gasteiger charge is -2.34. The summed E-state index contributed by atoms with van der Waals surface area (Å²) in [7, 11) is 0. The summed E-state index contributed by atoms with van der Waals surface area (Å²) in [5, 5.41) is 2.99. The molecule has 1 aliphatic heterocycles. The first-order valence-electron chi connectivity index (χ1n) is 8.94. The summed E-state index contributed by atoms with van der Waals surface area (Å²) in [5.74, 6) is 0.177. The zero-order chi connectivity index (χ0) is 17.5. The fourth-order valence-corrected chi connectivity index (χ4v) is 2.94. The van der Waals surface area contributed by atoms with Crippen molar-refractivity contribution in [3.8, 4) is 0 Å². The van der Waals surface area contributed by atoms with E-state index in [9.17, 15) is 9.59 Å². The van der Waals surface area contributed by atoms with Gasteiger partial charge in [0.25, 0.3) is 5.91 Å². The van der Waals surface area contributed by atoms with Crippen molar-refractivity contribution in [3.63, 3.8) is 0 Å². The monoisotopic (exact) mass is 331 g/mol. The molecule has 1 aromatic carbocycles. The first-order chi connectivity index (χ1) is 11.5. The maximum absolute atomic E-state index is 12.7. The Morgan fingerprint density at radius 3 is 2.42 bits per heavy atom. The molecule has 0 saturated carbocycles. The fraction of sp³-hybridized carbons (Fsp3) is 0.579. The molecular formula is C19H29N3O2. The van der Waals surface area contributed by atoms with Crippen molar-refractivity contribution in [2.45, 2.75) is 39.7 Å². The van der Waals surface area contributed by atoms with Gasteiger partial charge in [0.2, 0.25) is 5.91 Å². The second-order valence-electron chi connectivity index (χ2n) is 6.46. The van der Waals surface area contributed by atoms with Crippen LogP contribution in [0.4, 0.5) is 0 Å². The molecule has 5 heteroatoms. The summed E-state index contributed by atoms with van der Waals surface area (Å²) >= 11 is 0. The summed E-state index contributed by atoms with van der Waals surface area (Å²) in [6, 6.07) is 8.03. The molecule has 0 aromatic heterocycles. The molecule has 0 bridgehead atoms. The van der Waals surface area contributed by atoms with Gasteiger partial charge in [-0.05, 0) is 31.4 Å². The lowest BCUT2D eigenvalue weighted by Crippen LogP contribution is -2.51. The van der Waals surface area contributed by atoms with Gasteiger partial charge in [-0.3, -0.25) is 14.5 Å². The topological polar surface area (TPSA) is 52.7 Å². The number of nitrogens with one attached hydrogen (secondary N) is 1. The van der Waals surface area contributed by atoms with Crippen LogP contribution >= 0.6 is 0 Å². The highest BCUT2D eigenvalue weighted by Gasteiger charge is 2.24. The van der Waals surface area contributed by atoms with Gasteiger partial charge in [-0.25, -0.2) is 0 Å². The SMILES string of the molecule is CCc1ccccc1C(=O)N1CCN(CC(=O)N[C@@H](C)CC)CC1. The average molecular weight is 331 g/mol. The molecule has 1 heterocycles. The minimum Gasteiger partial charge on any atom is -0.353 e. The van der Waals surface area contributed by atoms with Gasteiger partial charge >= 0.3 is 0 Å². The molecule has 1 aliphatic rings. The van der Waals surface area contributed by atoms with Crippen molar-refractivity contribution < 1.29 is 9.59 Å². The third-order valence-electron chi connectivity index (χ3n) is 4.68. The van der Waals surface area contributed by atoms with E-state index < -0.39 is 0 Å². The predicted octanol–water partition coefficient (Wildman–Crippen LogP) is 1.92. The maximum atomic E-state index is 12.7. The number of carbonyl (C=O) groups excluding carboxylic acids is 2. The molecule has 1 saturated heterocycles. The number of rotatable bonds is 6. The lowest BCUT2D eigenvalue weighted by molar-refractivity contribution is -0.123. The van der Waals surface area contributed by atoms with E-state index >= 15 is 0 Å². The van der Waals surface area contributed by atoms with Crippen molar-refractivity contribution in [1.82, 2.24) is 15.1 Å². The number of aryl methyl sites for hydroxylation is 1. The molecule has 0 radical (unpaired) electrons. The van der Waals surface area contributed by atoms with Crippen LogP contribution in [0.15, 0.2) is 24.3 Å². The quantitative estimate of drug-likeness (QED) is 0.866. The molecule has 24 heavy (non-hydrogen) atoms. The van der Waals surface area contributed by atoms with Crippen LogP contribution in [0.5, 0.6) is 0 Å². The molecule has 1 aromatic rings. The van der Waals surface area contributed by atoms with Crippen LogP contribution in [0.1, 0.15) is 43.1 Å². The van der Waals surface area contributed by atoms with Crippen LogP contribution in [-0.2, 0) is 11.2 Å². The standard InChI is InChI=1S/C19H29N3O2/c1-4-15(3)20-18(23)14-21-10-12-22(13-11-21)19(24)17-9-7-6-8-16(17)5-2/h6-9,15H,4-5,10-14H2,1-3H3,(H,20,23)/t15-/m0/s1. The molecular weight excluding hydrogens is 302 g/mol. The van der Waals surface area contributed by atoms with Gasteiger partial charge in [0.15, 0.2) is 0 Å². The highest BCUT2D eigenvalue weighted by Crippen LogP contribution is 2.14. The smallest absolute Gasteiger partial charge is 0.254 e. The van der Waals surface area contributed by atoms with Crippen molar-refractivity contribution >= 4 is 11.8 Å². The zero-order valence-electron chi connectivity index (χ0n) is 15.0. The third-order valence-corrected chi connectivity index (χ3v) is 4.68. The average Bonchev–Trinajstić information content (AvgIpc) is 2.61. The highest BCUT2D eigenvalue weighted by atomic mass is 16.2. The van der Waals surface area contributed by atoms with Gasteiger partial charge in [-0.2, -0.15) is 0 Å². The van der Waals surface area contributed by atoms with Gasteiger partial charge < -0.3 is 10.2 Å². The molecule has 2 amide bonds. The van der Waals surface area contributed by atoms with E-state index in [1.807, 2.05) is 36.1 Å². The van der Waals surface area contributed by atoms with Crippen LogP contribution in [0, 0.1) is 0 Å². The van der Waals surface area contributed by atoms with Crippen molar-refractivity contribution in [1.29, 1.82) is 0 Å². The van der Waals surface area contributed by atoms with Crippen LogP contribution < -0.4 is 5.32 Å². The molecule has 1 fully saturated rings. The van der Waals surface area contributed by atoms with Gasteiger partial charge in [-0.1, -0.05) is 32.0 Å². The molecule has 132 valence electrons. The first-order valence-corrected chi connectivity index (χ1v) is 8.94. The van der Waals surface area contributed by atoms with Gasteiger partial charge in [0, 0.05) is 37.8 Å². The Bertz CT molecular complexity index is 565. The van der Waals surface area contributed by atoms with Crippen LogP contribution in [0.2, 0.25) is 0 Å². The van der Waals surface area contributed by atoms with Crippen LogP contribution in [0.3, 0.4) is 0 Å². The number of piperazine rings is 1. The second kappa shape index (κ2) is 8.83. The minimum atomic E-state index is 0.0699. The molecule has 1 N–H and O–H groups in total. The lowest BCUT2D eigenvalue weighted by atomic mass is 10.0. The number of hydrogen-bond acceptors (Lipinski definition) is 3. The van der Waals surface area contributed by atoms with Gasteiger partial charge in [0.05, 0.1) is 6.54 Å². The largest absolute Gasteiger partial charge is 0.353 e. The molecule has 1 atom stereocenters. The minimum absolute atomic E-state index is 0.0699. The summed E-state index contributed by atoms with van der Waals surface area (Å²) in [4.78, 5) is 28.7. The Balaban J connectivity index is 1.86. The van der Waals surface area contributed by atoms with E-state index in [0.29, 0.717) is 19.6 Å². The number of benzene rings is 1. The van der Waals surface area contributed by atoms with E-state index in [1.54, 1.807) is 0 Å². The summed E-state index contributed by atoms with van der Waals surface area (Å²) in [5.41, 5.74) is 1.90. The zero-order valence-corrected chi connectivity index (χ0v) is 15.0.